The van der Waals surface area contributed by atoms with E-state index in [-0.39, 0.29) is 19.3 Å². The number of carbonyl (C=O) groups is 4. The summed E-state index contributed by atoms with van der Waals surface area (Å²) in [6.07, 6.45) is -5.07. The Balaban J connectivity index is 3.31. The maximum atomic E-state index is 11.9. The minimum atomic E-state index is -1.22. The lowest BCUT2D eigenvalue weighted by atomic mass is 9.88. The van der Waals surface area contributed by atoms with E-state index in [1.54, 1.807) is 27.7 Å². The van der Waals surface area contributed by atoms with Gasteiger partial charge in [0, 0.05) is 19.3 Å². The highest BCUT2D eigenvalue weighted by molar-refractivity contribution is 5.72. The van der Waals surface area contributed by atoms with Gasteiger partial charge in [-0.2, -0.15) is 0 Å². The van der Waals surface area contributed by atoms with Crippen molar-refractivity contribution in [2.24, 2.45) is 5.92 Å². The van der Waals surface area contributed by atoms with E-state index in [0.29, 0.717) is 0 Å². The minimum absolute atomic E-state index is 0.0358. The quantitative estimate of drug-likeness (QED) is 0.486. The molecule has 9 nitrogen and oxygen atoms in total. The van der Waals surface area contributed by atoms with Crippen LogP contribution < -0.4 is 0 Å². The number of carboxylic acids is 1. The number of hydrogen-bond acceptors (Lipinski definition) is 8. The molecule has 0 saturated carbocycles. The van der Waals surface area contributed by atoms with Gasteiger partial charge in [-0.15, -0.1) is 0 Å². The highest BCUT2D eigenvalue weighted by Gasteiger charge is 2.53. The van der Waals surface area contributed by atoms with Crippen LogP contribution in [0.2, 0.25) is 0 Å². The Labute approximate surface area is 158 Å². The third kappa shape index (κ3) is 5.92. The summed E-state index contributed by atoms with van der Waals surface area (Å²) in [6, 6.07) is 0. The first-order valence-corrected chi connectivity index (χ1v) is 9.12. The molecular formula is C18H28O9. The lowest BCUT2D eigenvalue weighted by Crippen LogP contribution is -2.62. The predicted molar refractivity (Wildman–Crippen MR) is 91.6 cm³/mol. The maximum absolute atomic E-state index is 11.9. The Morgan fingerprint density at radius 2 is 1.26 bits per heavy atom. The highest BCUT2D eigenvalue weighted by Crippen LogP contribution is 2.32. The molecule has 0 amide bonds. The SMILES string of the molecule is CCC(=O)O[C@@H]1[C@H](OC(=O)CC)[C@H](C)OC(C(C)C(=O)O)[C@@H]1OC(=O)CC. The summed E-state index contributed by atoms with van der Waals surface area (Å²) in [7, 11) is 0. The molecule has 1 rings (SSSR count). The number of ether oxygens (including phenoxy) is 4. The van der Waals surface area contributed by atoms with E-state index in [1.807, 2.05) is 0 Å². The number of esters is 3. The van der Waals surface area contributed by atoms with Crippen LogP contribution in [0.15, 0.2) is 0 Å². The topological polar surface area (TPSA) is 125 Å². The van der Waals surface area contributed by atoms with Gasteiger partial charge in [0.05, 0.1) is 12.0 Å². The van der Waals surface area contributed by atoms with E-state index < -0.39 is 60.3 Å². The van der Waals surface area contributed by atoms with Crippen LogP contribution in [0.5, 0.6) is 0 Å². The number of carboxylic acid groups (broad SMARTS) is 1. The fourth-order valence-electron chi connectivity index (χ4n) is 2.72. The van der Waals surface area contributed by atoms with Gasteiger partial charge >= 0.3 is 23.9 Å². The van der Waals surface area contributed by atoms with E-state index in [4.69, 9.17) is 18.9 Å². The summed E-state index contributed by atoms with van der Waals surface area (Å²) in [4.78, 5) is 47.1. The van der Waals surface area contributed by atoms with Crippen molar-refractivity contribution < 1.29 is 43.2 Å². The molecule has 1 heterocycles. The zero-order valence-corrected chi connectivity index (χ0v) is 16.3. The van der Waals surface area contributed by atoms with E-state index >= 15 is 0 Å². The van der Waals surface area contributed by atoms with Crippen molar-refractivity contribution in [2.75, 3.05) is 0 Å². The molecule has 27 heavy (non-hydrogen) atoms. The summed E-state index contributed by atoms with van der Waals surface area (Å²) < 4.78 is 21.9. The molecule has 1 aliphatic heterocycles. The number of carbonyl (C=O) groups excluding carboxylic acids is 3. The van der Waals surface area contributed by atoms with Gasteiger partial charge in [0.25, 0.3) is 0 Å². The molecule has 0 aliphatic carbocycles. The lowest BCUT2D eigenvalue weighted by Gasteiger charge is -2.45. The maximum Gasteiger partial charge on any atom is 0.309 e. The van der Waals surface area contributed by atoms with Crippen molar-refractivity contribution in [3.63, 3.8) is 0 Å². The van der Waals surface area contributed by atoms with Crippen molar-refractivity contribution in [1.29, 1.82) is 0 Å². The van der Waals surface area contributed by atoms with Gasteiger partial charge < -0.3 is 24.1 Å². The molecule has 1 saturated heterocycles. The lowest BCUT2D eigenvalue weighted by molar-refractivity contribution is -0.252. The number of aliphatic carboxylic acids is 1. The summed E-state index contributed by atoms with van der Waals surface area (Å²) in [5.74, 6) is -3.95. The van der Waals surface area contributed by atoms with Gasteiger partial charge in [-0.25, -0.2) is 0 Å². The number of hydrogen-bond donors (Lipinski definition) is 1. The highest BCUT2D eigenvalue weighted by atomic mass is 16.6. The van der Waals surface area contributed by atoms with Crippen LogP contribution in [0, 0.1) is 5.92 Å². The summed E-state index contributed by atoms with van der Waals surface area (Å²) in [5.41, 5.74) is 0. The Hall–Kier alpha value is -2.16. The van der Waals surface area contributed by atoms with Crippen molar-refractivity contribution in [2.45, 2.75) is 84.4 Å². The predicted octanol–water partition coefficient (Wildman–Crippen LogP) is 1.46. The second kappa shape index (κ2) is 10.2. The van der Waals surface area contributed by atoms with E-state index in [2.05, 4.69) is 0 Å². The molecule has 9 heteroatoms. The minimum Gasteiger partial charge on any atom is -0.481 e. The van der Waals surface area contributed by atoms with Crippen LogP contribution in [0.25, 0.3) is 0 Å². The number of rotatable bonds is 8. The summed E-state index contributed by atoms with van der Waals surface area (Å²) in [6.45, 7) is 7.76. The fraction of sp³-hybridized carbons (Fsp3) is 0.778. The van der Waals surface area contributed by atoms with Crippen molar-refractivity contribution in [1.82, 2.24) is 0 Å². The Bertz CT molecular complexity index is 559. The molecule has 0 aromatic carbocycles. The molecule has 1 aliphatic rings. The van der Waals surface area contributed by atoms with Gasteiger partial charge in [0.1, 0.15) is 6.10 Å². The van der Waals surface area contributed by atoms with Crippen LogP contribution in [0.4, 0.5) is 0 Å². The average Bonchev–Trinajstić information content (AvgIpc) is 2.64. The van der Waals surface area contributed by atoms with Crippen molar-refractivity contribution in [3.05, 3.63) is 0 Å². The molecule has 154 valence electrons. The molecule has 0 aromatic rings. The molecule has 0 radical (unpaired) electrons. The zero-order valence-electron chi connectivity index (χ0n) is 16.3. The summed E-state index contributed by atoms with van der Waals surface area (Å²) in [5, 5.41) is 9.38. The van der Waals surface area contributed by atoms with E-state index in [9.17, 15) is 24.3 Å². The molecule has 0 aromatic heterocycles. The van der Waals surface area contributed by atoms with Gasteiger partial charge in [0.2, 0.25) is 0 Å². The first-order chi connectivity index (χ1) is 12.7. The van der Waals surface area contributed by atoms with Gasteiger partial charge in [-0.3, -0.25) is 19.2 Å². The summed E-state index contributed by atoms with van der Waals surface area (Å²) >= 11 is 0. The smallest absolute Gasteiger partial charge is 0.309 e. The molecule has 1 N–H and O–H groups in total. The zero-order chi connectivity index (χ0) is 20.7. The van der Waals surface area contributed by atoms with Gasteiger partial charge in [0.15, 0.2) is 18.3 Å². The second-order valence-electron chi connectivity index (χ2n) is 6.36. The standard InChI is InChI=1S/C18H28O9/c1-6-11(19)25-15-10(5)24-14(9(4)18(22)23)16(26-12(20)7-2)17(15)27-13(21)8-3/h9-10,14-17H,6-8H2,1-5H3,(H,22,23)/t9?,10-,14?,15+,16-,17+/m0/s1. The van der Waals surface area contributed by atoms with Crippen molar-refractivity contribution in [3.8, 4) is 0 Å². The molecular weight excluding hydrogens is 360 g/mol. The third-order valence-corrected chi connectivity index (χ3v) is 4.36. The molecule has 0 bridgehead atoms. The normalized spacial score (nSPS) is 28.7. The van der Waals surface area contributed by atoms with Gasteiger partial charge in [-0.05, 0) is 13.8 Å². The first-order valence-electron chi connectivity index (χ1n) is 9.12. The van der Waals surface area contributed by atoms with E-state index in [1.165, 1.54) is 6.92 Å². The van der Waals surface area contributed by atoms with Crippen molar-refractivity contribution >= 4 is 23.9 Å². The Morgan fingerprint density at radius 1 is 0.852 bits per heavy atom. The fourth-order valence-corrected chi connectivity index (χ4v) is 2.72. The van der Waals surface area contributed by atoms with E-state index in [0.717, 1.165) is 0 Å². The van der Waals surface area contributed by atoms with Crippen LogP contribution in [0.1, 0.15) is 53.9 Å². The largest absolute Gasteiger partial charge is 0.481 e. The first kappa shape index (κ1) is 22.9. The molecule has 2 unspecified atom stereocenters. The molecule has 1 fully saturated rings. The monoisotopic (exact) mass is 388 g/mol. The Kier molecular flexibility index (Phi) is 8.68. The Morgan fingerprint density at radius 3 is 1.67 bits per heavy atom. The van der Waals surface area contributed by atoms with Crippen LogP contribution in [-0.2, 0) is 38.1 Å². The molecule has 6 atom stereocenters. The van der Waals surface area contributed by atoms with Crippen LogP contribution >= 0.6 is 0 Å². The van der Waals surface area contributed by atoms with Crippen LogP contribution in [-0.4, -0.2) is 59.5 Å². The third-order valence-electron chi connectivity index (χ3n) is 4.36. The average molecular weight is 388 g/mol. The second-order valence-corrected chi connectivity index (χ2v) is 6.36. The molecule has 0 spiro atoms. The van der Waals surface area contributed by atoms with Crippen LogP contribution in [0.3, 0.4) is 0 Å². The van der Waals surface area contributed by atoms with Gasteiger partial charge in [-0.1, -0.05) is 20.8 Å².